The van der Waals surface area contributed by atoms with E-state index < -0.39 is 28.8 Å². The standard InChI is InChI=1S/C30H34F2N6O2/c1-4-37(5-2)17-7-16-34-30-35-25(14-12-20-18-21(28(33)40)11-10-19(20)3)22-13-15-26(39)38(29(22)36-30)27-23(31)8-6-9-24(27)32/h6,8-11,13,15,18H,4-5,7,12,14,16-17H2,1-3H3,(H2,33,40)(H,34,35,36). The van der Waals surface area contributed by atoms with Crippen LogP contribution in [0.4, 0.5) is 14.7 Å². The zero-order valence-corrected chi connectivity index (χ0v) is 23.0. The van der Waals surface area contributed by atoms with Crippen LogP contribution in [0, 0.1) is 18.6 Å². The molecule has 2 heterocycles. The number of primary amides is 1. The van der Waals surface area contributed by atoms with Crippen molar-refractivity contribution in [3.05, 3.63) is 92.9 Å². The molecular weight excluding hydrogens is 514 g/mol. The predicted molar refractivity (Wildman–Crippen MR) is 153 cm³/mol. The number of aryl methyl sites for hydroxylation is 3. The largest absolute Gasteiger partial charge is 0.366 e. The average Bonchev–Trinajstić information content (AvgIpc) is 2.93. The van der Waals surface area contributed by atoms with Crippen LogP contribution in [0.2, 0.25) is 0 Å². The average molecular weight is 549 g/mol. The molecular formula is C30H34F2N6O2. The molecule has 0 radical (unpaired) electrons. The number of carbonyl (C=O) groups excluding carboxylic acids is 1. The molecule has 1 amide bonds. The molecule has 10 heteroatoms. The minimum Gasteiger partial charge on any atom is -0.366 e. The molecule has 4 aromatic rings. The third kappa shape index (κ3) is 6.34. The summed E-state index contributed by atoms with van der Waals surface area (Å²) in [7, 11) is 0. The highest BCUT2D eigenvalue weighted by molar-refractivity contribution is 5.93. The van der Waals surface area contributed by atoms with Gasteiger partial charge in [0.2, 0.25) is 11.9 Å². The van der Waals surface area contributed by atoms with Gasteiger partial charge in [-0.05, 0) is 87.3 Å². The van der Waals surface area contributed by atoms with Gasteiger partial charge in [0.1, 0.15) is 17.3 Å². The highest BCUT2D eigenvalue weighted by atomic mass is 19.1. The number of aromatic nitrogens is 3. The number of nitrogens with zero attached hydrogens (tertiary/aromatic N) is 4. The van der Waals surface area contributed by atoms with Crippen molar-refractivity contribution in [3.63, 3.8) is 0 Å². The summed E-state index contributed by atoms with van der Waals surface area (Å²) in [6.07, 6.45) is 1.78. The van der Waals surface area contributed by atoms with E-state index in [0.29, 0.717) is 36.0 Å². The van der Waals surface area contributed by atoms with Crippen LogP contribution in [0.3, 0.4) is 0 Å². The number of amides is 1. The lowest BCUT2D eigenvalue weighted by Gasteiger charge is -2.18. The summed E-state index contributed by atoms with van der Waals surface area (Å²) in [4.78, 5) is 36.3. The number of hydrogen-bond acceptors (Lipinski definition) is 6. The normalized spacial score (nSPS) is 11.3. The summed E-state index contributed by atoms with van der Waals surface area (Å²) in [5.74, 6) is -1.99. The Balaban J connectivity index is 1.77. The maximum Gasteiger partial charge on any atom is 0.256 e. The third-order valence-corrected chi connectivity index (χ3v) is 7.08. The molecule has 0 aliphatic heterocycles. The van der Waals surface area contributed by atoms with Gasteiger partial charge in [0, 0.05) is 23.6 Å². The number of fused-ring (bicyclic) bond motifs is 1. The molecule has 0 bridgehead atoms. The number of para-hydroxylation sites is 1. The quantitative estimate of drug-likeness (QED) is 0.254. The Kier molecular flexibility index (Phi) is 9.21. The fourth-order valence-corrected chi connectivity index (χ4v) is 4.76. The van der Waals surface area contributed by atoms with Crippen LogP contribution >= 0.6 is 0 Å². The van der Waals surface area contributed by atoms with Crippen molar-refractivity contribution in [2.45, 2.75) is 40.0 Å². The van der Waals surface area contributed by atoms with Gasteiger partial charge in [-0.15, -0.1) is 0 Å². The van der Waals surface area contributed by atoms with Crippen molar-refractivity contribution < 1.29 is 13.6 Å². The van der Waals surface area contributed by atoms with Gasteiger partial charge < -0.3 is 16.0 Å². The van der Waals surface area contributed by atoms with E-state index in [-0.39, 0.29) is 11.6 Å². The van der Waals surface area contributed by atoms with Crippen molar-refractivity contribution in [3.8, 4) is 5.69 Å². The second-order valence-corrected chi connectivity index (χ2v) is 9.62. The number of halogens is 2. The first-order chi connectivity index (χ1) is 19.2. The van der Waals surface area contributed by atoms with Crippen LogP contribution in [-0.4, -0.2) is 51.5 Å². The van der Waals surface area contributed by atoms with Crippen molar-refractivity contribution in [1.82, 2.24) is 19.4 Å². The van der Waals surface area contributed by atoms with E-state index in [1.54, 1.807) is 18.2 Å². The van der Waals surface area contributed by atoms with Gasteiger partial charge in [-0.1, -0.05) is 26.0 Å². The Morgan fingerprint density at radius 3 is 2.42 bits per heavy atom. The molecule has 0 spiro atoms. The van der Waals surface area contributed by atoms with Crippen molar-refractivity contribution in [2.24, 2.45) is 5.73 Å². The monoisotopic (exact) mass is 548 g/mol. The summed E-state index contributed by atoms with van der Waals surface area (Å²) in [5, 5.41) is 3.73. The van der Waals surface area contributed by atoms with Gasteiger partial charge in [-0.2, -0.15) is 4.98 Å². The Labute approximate surface area is 231 Å². The number of hydrogen-bond donors (Lipinski definition) is 2. The van der Waals surface area contributed by atoms with E-state index in [1.807, 2.05) is 13.0 Å². The third-order valence-electron chi connectivity index (χ3n) is 7.08. The Morgan fingerprint density at radius 1 is 1.02 bits per heavy atom. The zero-order chi connectivity index (χ0) is 28.8. The molecule has 4 rings (SSSR count). The van der Waals surface area contributed by atoms with E-state index in [9.17, 15) is 18.4 Å². The van der Waals surface area contributed by atoms with Crippen LogP contribution in [0.5, 0.6) is 0 Å². The maximum absolute atomic E-state index is 14.9. The molecule has 0 saturated heterocycles. The molecule has 0 aliphatic rings. The van der Waals surface area contributed by atoms with Gasteiger partial charge in [-0.3, -0.25) is 14.2 Å². The molecule has 0 aliphatic carbocycles. The number of anilines is 1. The van der Waals surface area contributed by atoms with E-state index in [2.05, 4.69) is 29.0 Å². The lowest BCUT2D eigenvalue weighted by molar-refractivity contribution is 0.1000. The van der Waals surface area contributed by atoms with Crippen molar-refractivity contribution in [1.29, 1.82) is 0 Å². The van der Waals surface area contributed by atoms with Crippen LogP contribution < -0.4 is 16.6 Å². The molecule has 0 unspecified atom stereocenters. The lowest BCUT2D eigenvalue weighted by atomic mass is 9.99. The number of benzene rings is 2. The Morgan fingerprint density at radius 2 is 1.75 bits per heavy atom. The van der Waals surface area contributed by atoms with E-state index >= 15 is 0 Å². The Hall–Kier alpha value is -4.18. The summed E-state index contributed by atoms with van der Waals surface area (Å²) in [6, 6.07) is 11.6. The molecule has 8 nitrogen and oxygen atoms in total. The molecule has 0 atom stereocenters. The first-order valence-corrected chi connectivity index (χ1v) is 13.5. The van der Waals surface area contributed by atoms with Gasteiger partial charge in [0.05, 0.1) is 5.69 Å². The summed E-state index contributed by atoms with van der Waals surface area (Å²) >= 11 is 0. The van der Waals surface area contributed by atoms with Gasteiger partial charge in [-0.25, -0.2) is 13.8 Å². The fourth-order valence-electron chi connectivity index (χ4n) is 4.76. The van der Waals surface area contributed by atoms with Crippen LogP contribution in [0.25, 0.3) is 16.7 Å². The van der Waals surface area contributed by atoms with E-state index in [1.165, 1.54) is 12.1 Å². The summed E-state index contributed by atoms with van der Waals surface area (Å²) in [6.45, 7) is 9.52. The zero-order valence-electron chi connectivity index (χ0n) is 23.0. The minimum absolute atomic E-state index is 0.107. The molecule has 3 N–H and O–H groups in total. The van der Waals surface area contributed by atoms with Crippen LogP contribution in [0.15, 0.2) is 53.3 Å². The predicted octanol–water partition coefficient (Wildman–Crippen LogP) is 4.40. The first kappa shape index (κ1) is 28.8. The first-order valence-electron chi connectivity index (χ1n) is 13.5. The maximum atomic E-state index is 14.9. The number of pyridine rings is 1. The fraction of sp³-hybridized carbons (Fsp3) is 0.333. The van der Waals surface area contributed by atoms with Crippen LogP contribution in [-0.2, 0) is 12.8 Å². The number of rotatable bonds is 12. The Bertz CT molecular complexity index is 1560. The summed E-state index contributed by atoms with van der Waals surface area (Å²) in [5.41, 5.74) is 7.41. The lowest BCUT2D eigenvalue weighted by Crippen LogP contribution is -2.26. The van der Waals surface area contributed by atoms with E-state index in [4.69, 9.17) is 10.7 Å². The topological polar surface area (TPSA) is 106 Å². The second kappa shape index (κ2) is 12.8. The molecule has 40 heavy (non-hydrogen) atoms. The minimum atomic E-state index is -0.873. The molecule has 2 aromatic heterocycles. The SMILES string of the molecule is CCN(CC)CCCNc1nc(CCc2cc(C(N)=O)ccc2C)c2ccc(=O)n(-c3c(F)cccc3F)c2n1. The second-order valence-electron chi connectivity index (χ2n) is 9.62. The molecule has 0 saturated carbocycles. The number of nitrogens with two attached hydrogens (primary N) is 1. The summed E-state index contributed by atoms with van der Waals surface area (Å²) < 4.78 is 30.7. The van der Waals surface area contributed by atoms with Gasteiger partial charge in [0.25, 0.3) is 5.56 Å². The highest BCUT2D eigenvalue weighted by Crippen LogP contribution is 2.24. The number of carbonyl (C=O) groups is 1. The van der Waals surface area contributed by atoms with Gasteiger partial charge >= 0.3 is 0 Å². The van der Waals surface area contributed by atoms with Crippen LogP contribution in [0.1, 0.15) is 47.4 Å². The highest BCUT2D eigenvalue weighted by Gasteiger charge is 2.19. The molecule has 0 fully saturated rings. The molecule has 210 valence electrons. The number of nitrogens with one attached hydrogen (secondary N) is 1. The molecule has 2 aromatic carbocycles. The van der Waals surface area contributed by atoms with Gasteiger partial charge in [0.15, 0.2) is 5.65 Å². The smallest absolute Gasteiger partial charge is 0.256 e. The van der Waals surface area contributed by atoms with Crippen molar-refractivity contribution >= 4 is 22.9 Å². The van der Waals surface area contributed by atoms with Crippen molar-refractivity contribution in [2.75, 3.05) is 31.5 Å². The van der Waals surface area contributed by atoms with E-state index in [0.717, 1.165) is 53.9 Å².